The minimum absolute atomic E-state index is 0.102. The van der Waals surface area contributed by atoms with Crippen molar-refractivity contribution in [2.75, 3.05) is 16.8 Å². The monoisotopic (exact) mass is 337 g/mol. The van der Waals surface area contributed by atoms with Gasteiger partial charge in [0.1, 0.15) is 5.75 Å². The third kappa shape index (κ3) is 4.01. The number of hydrogen-bond donors (Lipinski definition) is 1. The number of nitrogens with zero attached hydrogens (tertiary/aromatic N) is 2. The van der Waals surface area contributed by atoms with Crippen LogP contribution in [0.4, 0.5) is 6.01 Å². The molecule has 1 fully saturated rings. The minimum atomic E-state index is -2.94. The van der Waals surface area contributed by atoms with Gasteiger partial charge in [0.2, 0.25) is 0 Å². The third-order valence-electron chi connectivity index (χ3n) is 3.73. The van der Waals surface area contributed by atoms with Gasteiger partial charge in [0.15, 0.2) is 16.4 Å². The Kier molecular flexibility index (Phi) is 4.51. The summed E-state index contributed by atoms with van der Waals surface area (Å²) in [5.41, 5.74) is 1.11. The maximum atomic E-state index is 11.4. The third-order valence-corrected chi connectivity index (χ3v) is 5.50. The standard InChI is InChI=1S/C15H19N3O4S/c1-2-11-5-3-4-6-13(11)21-9-14-17-18-15(22-14)16-12-7-8-23(19,20)10-12/h3-6,12H,2,7-10H2,1H3,(H,16,18). The summed E-state index contributed by atoms with van der Waals surface area (Å²) in [5.74, 6) is 1.44. The van der Waals surface area contributed by atoms with Crippen LogP contribution in [-0.4, -0.2) is 36.2 Å². The van der Waals surface area contributed by atoms with Gasteiger partial charge in [0.05, 0.1) is 11.5 Å². The number of benzene rings is 1. The molecular weight excluding hydrogens is 318 g/mol. The van der Waals surface area contributed by atoms with Gasteiger partial charge in [-0.15, -0.1) is 5.10 Å². The maximum Gasteiger partial charge on any atom is 0.315 e. The molecule has 0 bridgehead atoms. The van der Waals surface area contributed by atoms with E-state index in [1.165, 1.54) is 0 Å². The van der Waals surface area contributed by atoms with E-state index in [1.807, 2.05) is 24.3 Å². The number of aromatic nitrogens is 2. The molecule has 1 aromatic carbocycles. The van der Waals surface area contributed by atoms with E-state index in [0.29, 0.717) is 12.3 Å². The van der Waals surface area contributed by atoms with Crippen molar-refractivity contribution >= 4 is 15.9 Å². The Labute approximate surface area is 135 Å². The Balaban J connectivity index is 1.57. The molecule has 1 aromatic heterocycles. The smallest absolute Gasteiger partial charge is 0.315 e. The van der Waals surface area contributed by atoms with E-state index in [-0.39, 0.29) is 30.2 Å². The van der Waals surface area contributed by atoms with Crippen LogP contribution >= 0.6 is 0 Å². The molecule has 2 aromatic rings. The van der Waals surface area contributed by atoms with Gasteiger partial charge in [-0.3, -0.25) is 0 Å². The average Bonchev–Trinajstić information content (AvgIpc) is 3.12. The SMILES string of the molecule is CCc1ccccc1OCc1nnc(NC2CCS(=O)(=O)C2)o1. The number of aryl methyl sites for hydroxylation is 1. The predicted molar refractivity (Wildman–Crippen MR) is 85.1 cm³/mol. The first kappa shape index (κ1) is 15.8. The van der Waals surface area contributed by atoms with E-state index in [9.17, 15) is 8.42 Å². The zero-order valence-corrected chi connectivity index (χ0v) is 13.7. The van der Waals surface area contributed by atoms with Crippen LogP contribution in [-0.2, 0) is 22.9 Å². The Morgan fingerprint density at radius 2 is 2.17 bits per heavy atom. The molecule has 1 saturated heterocycles. The zero-order chi connectivity index (χ0) is 16.3. The highest BCUT2D eigenvalue weighted by Crippen LogP contribution is 2.20. The van der Waals surface area contributed by atoms with Crippen LogP contribution < -0.4 is 10.1 Å². The number of hydrogen-bond acceptors (Lipinski definition) is 7. The van der Waals surface area contributed by atoms with Gasteiger partial charge < -0.3 is 14.5 Å². The summed E-state index contributed by atoms with van der Waals surface area (Å²) in [6.45, 7) is 2.24. The van der Waals surface area contributed by atoms with Crippen molar-refractivity contribution < 1.29 is 17.6 Å². The van der Waals surface area contributed by atoms with Gasteiger partial charge >= 0.3 is 6.01 Å². The topological polar surface area (TPSA) is 94.3 Å². The summed E-state index contributed by atoms with van der Waals surface area (Å²) in [4.78, 5) is 0. The molecular formula is C15H19N3O4S. The molecule has 0 amide bonds. The number of rotatable bonds is 6. The molecule has 0 saturated carbocycles. The van der Waals surface area contributed by atoms with Crippen LogP contribution in [0, 0.1) is 0 Å². The molecule has 3 rings (SSSR count). The summed E-state index contributed by atoms with van der Waals surface area (Å²) in [6, 6.07) is 7.85. The summed E-state index contributed by atoms with van der Waals surface area (Å²) < 4.78 is 34.0. The molecule has 124 valence electrons. The fourth-order valence-corrected chi connectivity index (χ4v) is 4.20. The first-order chi connectivity index (χ1) is 11.1. The van der Waals surface area contributed by atoms with Gasteiger partial charge in [-0.25, -0.2) is 8.42 Å². The molecule has 23 heavy (non-hydrogen) atoms. The van der Waals surface area contributed by atoms with E-state index < -0.39 is 9.84 Å². The number of para-hydroxylation sites is 1. The van der Waals surface area contributed by atoms with Gasteiger partial charge in [-0.05, 0) is 24.5 Å². The second-order valence-corrected chi connectivity index (χ2v) is 7.72. The molecule has 1 aliphatic heterocycles. The molecule has 1 unspecified atom stereocenters. The number of anilines is 1. The lowest BCUT2D eigenvalue weighted by molar-refractivity contribution is 0.262. The van der Waals surface area contributed by atoms with Gasteiger partial charge in [0.25, 0.3) is 5.89 Å². The highest BCUT2D eigenvalue weighted by Gasteiger charge is 2.28. The lowest BCUT2D eigenvalue weighted by Crippen LogP contribution is -2.20. The average molecular weight is 337 g/mol. The molecule has 8 heteroatoms. The van der Waals surface area contributed by atoms with Gasteiger partial charge in [-0.1, -0.05) is 30.2 Å². The highest BCUT2D eigenvalue weighted by atomic mass is 32.2. The van der Waals surface area contributed by atoms with E-state index >= 15 is 0 Å². The second kappa shape index (κ2) is 6.57. The first-order valence-electron chi connectivity index (χ1n) is 7.56. The minimum Gasteiger partial charge on any atom is -0.484 e. The van der Waals surface area contributed by atoms with Crippen LogP contribution in [0.3, 0.4) is 0 Å². The van der Waals surface area contributed by atoms with Crippen molar-refractivity contribution in [3.8, 4) is 5.75 Å². The van der Waals surface area contributed by atoms with Crippen LogP contribution in [0.2, 0.25) is 0 Å². The van der Waals surface area contributed by atoms with Gasteiger partial charge in [-0.2, -0.15) is 0 Å². The van der Waals surface area contributed by atoms with Crippen molar-refractivity contribution in [1.29, 1.82) is 0 Å². The fourth-order valence-electron chi connectivity index (χ4n) is 2.53. The van der Waals surface area contributed by atoms with Crippen molar-refractivity contribution in [2.45, 2.75) is 32.4 Å². The van der Waals surface area contributed by atoms with E-state index in [1.54, 1.807) is 0 Å². The summed E-state index contributed by atoms with van der Waals surface area (Å²) in [7, 11) is -2.94. The molecule has 2 heterocycles. The van der Waals surface area contributed by atoms with Crippen molar-refractivity contribution in [2.24, 2.45) is 0 Å². The number of ether oxygens (including phenoxy) is 1. The summed E-state index contributed by atoms with van der Waals surface area (Å²) >= 11 is 0. The van der Waals surface area contributed by atoms with Crippen LogP contribution in [0.1, 0.15) is 24.8 Å². The van der Waals surface area contributed by atoms with Crippen molar-refractivity contribution in [3.05, 3.63) is 35.7 Å². The molecule has 0 radical (unpaired) electrons. The Morgan fingerprint density at radius 1 is 1.35 bits per heavy atom. The molecule has 0 aliphatic carbocycles. The molecule has 7 nitrogen and oxygen atoms in total. The zero-order valence-electron chi connectivity index (χ0n) is 12.9. The quantitative estimate of drug-likeness (QED) is 0.859. The second-order valence-electron chi connectivity index (χ2n) is 5.50. The Bertz CT molecular complexity index is 773. The molecule has 1 aliphatic rings. The van der Waals surface area contributed by atoms with Crippen molar-refractivity contribution in [3.63, 3.8) is 0 Å². The predicted octanol–water partition coefficient (Wildman–Crippen LogP) is 1.81. The highest BCUT2D eigenvalue weighted by molar-refractivity contribution is 7.91. The maximum absolute atomic E-state index is 11.4. The normalized spacial score (nSPS) is 19.6. The lowest BCUT2D eigenvalue weighted by atomic mass is 10.1. The van der Waals surface area contributed by atoms with Crippen LogP contribution in [0.25, 0.3) is 0 Å². The van der Waals surface area contributed by atoms with Crippen LogP contribution in [0.5, 0.6) is 5.75 Å². The van der Waals surface area contributed by atoms with E-state index in [0.717, 1.165) is 17.7 Å². The van der Waals surface area contributed by atoms with E-state index in [2.05, 4.69) is 22.4 Å². The Morgan fingerprint density at radius 3 is 2.91 bits per heavy atom. The summed E-state index contributed by atoms with van der Waals surface area (Å²) in [5, 5.41) is 10.8. The molecule has 1 atom stereocenters. The Hall–Kier alpha value is -2.09. The van der Waals surface area contributed by atoms with Crippen molar-refractivity contribution in [1.82, 2.24) is 10.2 Å². The number of nitrogens with one attached hydrogen (secondary N) is 1. The number of sulfone groups is 1. The van der Waals surface area contributed by atoms with Crippen LogP contribution in [0.15, 0.2) is 28.7 Å². The van der Waals surface area contributed by atoms with Gasteiger partial charge in [0, 0.05) is 6.04 Å². The largest absolute Gasteiger partial charge is 0.484 e. The fraction of sp³-hybridized carbons (Fsp3) is 0.467. The summed E-state index contributed by atoms with van der Waals surface area (Å²) in [6.07, 6.45) is 1.43. The molecule has 0 spiro atoms. The van der Waals surface area contributed by atoms with E-state index in [4.69, 9.17) is 9.15 Å². The first-order valence-corrected chi connectivity index (χ1v) is 9.38. The molecule has 1 N–H and O–H groups in total. The lowest BCUT2D eigenvalue weighted by Gasteiger charge is -2.08.